The molecule has 102 valence electrons. The predicted octanol–water partition coefficient (Wildman–Crippen LogP) is 2.39. The average Bonchev–Trinajstić information content (AvgIpc) is 2.95. The van der Waals surface area contributed by atoms with E-state index in [1.165, 1.54) is 11.3 Å². The third kappa shape index (κ3) is 3.86. The summed E-state index contributed by atoms with van der Waals surface area (Å²) in [4.78, 5) is 2.36. The number of benzene rings is 1. The van der Waals surface area contributed by atoms with Crippen molar-refractivity contribution < 1.29 is 9.73 Å². The standard InChI is InChI=1S/C16H22N2O/c1-3-18(4-2)15-9-7-14(8-10-15)12-17-13-16-6-5-11-19-16/h5-11,17H,3-4,12-13H2,1-2H3/p+1. The van der Waals surface area contributed by atoms with E-state index < -0.39 is 0 Å². The van der Waals surface area contributed by atoms with Crippen molar-refractivity contribution in [2.24, 2.45) is 0 Å². The summed E-state index contributed by atoms with van der Waals surface area (Å²) in [6, 6.07) is 12.8. The Kier molecular flexibility index (Phi) is 5.04. The van der Waals surface area contributed by atoms with Crippen LogP contribution in [-0.2, 0) is 13.1 Å². The smallest absolute Gasteiger partial charge is 0.157 e. The molecule has 1 aromatic heterocycles. The van der Waals surface area contributed by atoms with E-state index in [1.54, 1.807) is 6.26 Å². The van der Waals surface area contributed by atoms with Gasteiger partial charge in [-0.05, 0) is 38.1 Å². The van der Waals surface area contributed by atoms with Crippen LogP contribution in [-0.4, -0.2) is 13.1 Å². The van der Waals surface area contributed by atoms with Gasteiger partial charge < -0.3 is 14.6 Å². The molecular weight excluding hydrogens is 236 g/mol. The summed E-state index contributed by atoms with van der Waals surface area (Å²) in [5, 5.41) is 2.26. The van der Waals surface area contributed by atoms with Crippen molar-refractivity contribution in [1.29, 1.82) is 0 Å². The second-order valence-corrected chi connectivity index (χ2v) is 4.62. The molecule has 0 amide bonds. The molecular formula is C16H23N2O+. The molecule has 3 heteroatoms. The van der Waals surface area contributed by atoms with Crippen LogP contribution in [0.1, 0.15) is 25.2 Å². The highest BCUT2D eigenvalue weighted by molar-refractivity contribution is 5.47. The lowest BCUT2D eigenvalue weighted by atomic mass is 10.2. The molecule has 1 heterocycles. The molecule has 3 nitrogen and oxygen atoms in total. The summed E-state index contributed by atoms with van der Waals surface area (Å²) < 4.78 is 5.31. The zero-order chi connectivity index (χ0) is 13.5. The van der Waals surface area contributed by atoms with Crippen LogP contribution in [0.2, 0.25) is 0 Å². The fourth-order valence-corrected chi connectivity index (χ4v) is 2.24. The maximum atomic E-state index is 5.31. The number of anilines is 1. The number of nitrogens with two attached hydrogens (primary N) is 1. The first-order valence-corrected chi connectivity index (χ1v) is 7.01. The summed E-state index contributed by atoms with van der Waals surface area (Å²) in [6.07, 6.45) is 1.72. The first-order valence-electron chi connectivity index (χ1n) is 7.01. The second-order valence-electron chi connectivity index (χ2n) is 4.62. The zero-order valence-electron chi connectivity index (χ0n) is 11.8. The van der Waals surface area contributed by atoms with Gasteiger partial charge in [0.1, 0.15) is 13.1 Å². The van der Waals surface area contributed by atoms with E-state index in [4.69, 9.17) is 4.42 Å². The molecule has 2 N–H and O–H groups in total. The van der Waals surface area contributed by atoms with Gasteiger partial charge in [-0.15, -0.1) is 0 Å². The van der Waals surface area contributed by atoms with E-state index in [0.717, 1.165) is 31.9 Å². The summed E-state index contributed by atoms with van der Waals surface area (Å²) in [5.41, 5.74) is 2.65. The molecule has 0 atom stereocenters. The molecule has 1 aromatic carbocycles. The molecule has 0 saturated heterocycles. The number of furan rings is 1. The number of quaternary nitrogens is 1. The van der Waals surface area contributed by atoms with Crippen molar-refractivity contribution in [2.75, 3.05) is 18.0 Å². The molecule has 2 rings (SSSR count). The molecule has 0 spiro atoms. The van der Waals surface area contributed by atoms with Gasteiger partial charge >= 0.3 is 0 Å². The highest BCUT2D eigenvalue weighted by Gasteiger charge is 2.03. The summed E-state index contributed by atoms with van der Waals surface area (Å²) in [7, 11) is 0. The Morgan fingerprint density at radius 2 is 1.74 bits per heavy atom. The largest absolute Gasteiger partial charge is 0.463 e. The number of rotatable bonds is 7. The van der Waals surface area contributed by atoms with Gasteiger partial charge in [-0.3, -0.25) is 0 Å². The van der Waals surface area contributed by atoms with Gasteiger partial charge in [-0.25, -0.2) is 0 Å². The molecule has 0 fully saturated rings. The Morgan fingerprint density at radius 1 is 1.00 bits per heavy atom. The van der Waals surface area contributed by atoms with E-state index in [1.807, 2.05) is 12.1 Å². The van der Waals surface area contributed by atoms with Crippen molar-refractivity contribution in [1.82, 2.24) is 0 Å². The monoisotopic (exact) mass is 259 g/mol. The first kappa shape index (κ1) is 13.7. The van der Waals surface area contributed by atoms with Gasteiger partial charge in [-0.1, -0.05) is 12.1 Å². The van der Waals surface area contributed by atoms with Gasteiger partial charge in [-0.2, -0.15) is 0 Å². The number of nitrogens with zero attached hydrogens (tertiary/aromatic N) is 1. The highest BCUT2D eigenvalue weighted by atomic mass is 16.3. The summed E-state index contributed by atoms with van der Waals surface area (Å²) in [6.45, 7) is 8.37. The van der Waals surface area contributed by atoms with Crippen LogP contribution >= 0.6 is 0 Å². The van der Waals surface area contributed by atoms with Crippen LogP contribution in [0.4, 0.5) is 5.69 Å². The number of hydrogen-bond acceptors (Lipinski definition) is 2. The van der Waals surface area contributed by atoms with Crippen LogP contribution in [0.15, 0.2) is 47.1 Å². The van der Waals surface area contributed by atoms with Crippen molar-refractivity contribution in [3.8, 4) is 0 Å². The van der Waals surface area contributed by atoms with Crippen LogP contribution < -0.4 is 10.2 Å². The van der Waals surface area contributed by atoms with Gasteiger partial charge in [0.05, 0.1) is 6.26 Å². The Labute approximate surface area is 115 Å². The molecule has 0 radical (unpaired) electrons. The van der Waals surface area contributed by atoms with Crippen molar-refractivity contribution in [2.45, 2.75) is 26.9 Å². The lowest BCUT2D eigenvalue weighted by Crippen LogP contribution is -2.80. The molecule has 0 saturated carbocycles. The third-order valence-electron chi connectivity index (χ3n) is 3.37. The second kappa shape index (κ2) is 7.00. The molecule has 0 aliphatic heterocycles. The topological polar surface area (TPSA) is 33.0 Å². The van der Waals surface area contributed by atoms with Crippen molar-refractivity contribution >= 4 is 5.69 Å². The maximum Gasteiger partial charge on any atom is 0.157 e. The minimum atomic E-state index is 0.894. The normalized spacial score (nSPS) is 10.6. The molecule has 0 unspecified atom stereocenters. The minimum Gasteiger partial charge on any atom is -0.463 e. The Morgan fingerprint density at radius 3 is 2.32 bits per heavy atom. The quantitative estimate of drug-likeness (QED) is 0.828. The van der Waals surface area contributed by atoms with Crippen LogP contribution in [0.5, 0.6) is 0 Å². The number of hydrogen-bond donors (Lipinski definition) is 1. The SMILES string of the molecule is CCN(CC)c1ccc(C[NH2+]Cc2ccco2)cc1. The van der Waals surface area contributed by atoms with Crippen LogP contribution in [0.3, 0.4) is 0 Å². The Balaban J connectivity index is 1.84. The molecule has 2 aromatic rings. The maximum absolute atomic E-state index is 5.31. The summed E-state index contributed by atoms with van der Waals surface area (Å²) in [5.74, 6) is 1.03. The molecule has 0 aliphatic rings. The van der Waals surface area contributed by atoms with E-state index in [9.17, 15) is 0 Å². The first-order chi connectivity index (χ1) is 9.33. The fraction of sp³-hybridized carbons (Fsp3) is 0.375. The van der Waals surface area contributed by atoms with Crippen LogP contribution in [0, 0.1) is 0 Å². The molecule has 0 bridgehead atoms. The zero-order valence-corrected chi connectivity index (χ0v) is 11.8. The minimum absolute atomic E-state index is 0.894. The fourth-order valence-electron chi connectivity index (χ4n) is 2.24. The van der Waals surface area contributed by atoms with E-state index in [0.29, 0.717) is 0 Å². The lowest BCUT2D eigenvalue weighted by molar-refractivity contribution is -0.687. The average molecular weight is 259 g/mol. The molecule has 0 aliphatic carbocycles. The van der Waals surface area contributed by atoms with Gasteiger partial charge in [0.15, 0.2) is 5.76 Å². The van der Waals surface area contributed by atoms with E-state index >= 15 is 0 Å². The van der Waals surface area contributed by atoms with Gasteiger partial charge in [0.25, 0.3) is 0 Å². The summed E-state index contributed by atoms with van der Waals surface area (Å²) >= 11 is 0. The Bertz CT molecular complexity index is 458. The van der Waals surface area contributed by atoms with Crippen molar-refractivity contribution in [3.05, 3.63) is 54.0 Å². The van der Waals surface area contributed by atoms with Gasteiger partial charge in [0.2, 0.25) is 0 Å². The lowest BCUT2D eigenvalue weighted by Gasteiger charge is -2.20. The Hall–Kier alpha value is -1.74. The highest BCUT2D eigenvalue weighted by Crippen LogP contribution is 2.14. The predicted molar refractivity (Wildman–Crippen MR) is 78.0 cm³/mol. The molecule has 19 heavy (non-hydrogen) atoms. The third-order valence-corrected chi connectivity index (χ3v) is 3.37. The van der Waals surface area contributed by atoms with Gasteiger partial charge in [0, 0.05) is 24.3 Å². The van der Waals surface area contributed by atoms with E-state index in [-0.39, 0.29) is 0 Å². The van der Waals surface area contributed by atoms with Crippen molar-refractivity contribution in [3.63, 3.8) is 0 Å². The van der Waals surface area contributed by atoms with Crippen LogP contribution in [0.25, 0.3) is 0 Å². The van der Waals surface area contributed by atoms with E-state index in [2.05, 4.69) is 48.3 Å².